The summed E-state index contributed by atoms with van der Waals surface area (Å²) in [5.41, 5.74) is 8.68. The number of allylic oxidation sites excluding steroid dienone is 2. The minimum atomic E-state index is 0.0636. The summed E-state index contributed by atoms with van der Waals surface area (Å²) in [4.78, 5) is 0. The van der Waals surface area contributed by atoms with Crippen LogP contribution in [-0.2, 0) is 18.4 Å². The fourth-order valence-electron chi connectivity index (χ4n) is 5.28. The van der Waals surface area contributed by atoms with E-state index in [9.17, 15) is 0 Å². The van der Waals surface area contributed by atoms with Gasteiger partial charge in [0.15, 0.2) is 12.7 Å². The van der Waals surface area contributed by atoms with E-state index in [4.69, 9.17) is 0 Å². The molecule has 4 rings (SSSR count). The quantitative estimate of drug-likeness (QED) is 0.276. The van der Waals surface area contributed by atoms with Crippen molar-refractivity contribution in [1.82, 2.24) is 0 Å². The molecule has 0 N–H and O–H groups in total. The van der Waals surface area contributed by atoms with E-state index < -0.39 is 0 Å². The molecule has 3 aromatic rings. The first-order chi connectivity index (χ1) is 15.0. The highest BCUT2D eigenvalue weighted by Crippen LogP contribution is 2.43. The fourth-order valence-corrected chi connectivity index (χ4v) is 5.28. The molecular formula is C30H38N+. The zero-order valence-corrected chi connectivity index (χ0v) is 20.1. The predicted molar refractivity (Wildman–Crippen MR) is 134 cm³/mol. The summed E-state index contributed by atoms with van der Waals surface area (Å²) >= 11 is 0. The first-order valence-corrected chi connectivity index (χ1v) is 12.3. The third-order valence-electron chi connectivity index (χ3n) is 7.36. The molecule has 1 unspecified atom stereocenters. The van der Waals surface area contributed by atoms with Crippen molar-refractivity contribution in [1.29, 1.82) is 0 Å². The third kappa shape index (κ3) is 3.84. The summed E-state index contributed by atoms with van der Waals surface area (Å²) in [6.07, 6.45) is 14.4. The van der Waals surface area contributed by atoms with Crippen LogP contribution in [0.2, 0.25) is 0 Å². The number of nitrogens with zero attached hydrogens (tertiary/aromatic N) is 1. The molecule has 1 atom stereocenters. The molecule has 2 aromatic carbocycles. The van der Waals surface area contributed by atoms with E-state index in [1.807, 2.05) is 0 Å². The lowest BCUT2D eigenvalue weighted by Crippen LogP contribution is -2.50. The topological polar surface area (TPSA) is 3.88 Å². The molecule has 31 heavy (non-hydrogen) atoms. The van der Waals surface area contributed by atoms with Crippen LogP contribution in [-0.4, -0.2) is 0 Å². The van der Waals surface area contributed by atoms with E-state index in [1.54, 1.807) is 0 Å². The summed E-state index contributed by atoms with van der Waals surface area (Å²) in [6, 6.07) is 14.2. The van der Waals surface area contributed by atoms with Gasteiger partial charge in [0.05, 0.1) is 16.4 Å². The minimum absolute atomic E-state index is 0.0636. The van der Waals surface area contributed by atoms with E-state index in [1.165, 1.54) is 63.5 Å². The molecule has 1 aliphatic rings. The molecule has 1 aromatic heterocycles. The van der Waals surface area contributed by atoms with Gasteiger partial charge in [-0.25, -0.2) is 0 Å². The zero-order valence-electron chi connectivity index (χ0n) is 20.1. The SMILES string of the molecule is CCCC=CC1(CC)C[n+]2ccc3c(CCCC)cccc3c2-c2cc(C)c(C)cc21. The summed E-state index contributed by atoms with van der Waals surface area (Å²) in [5.74, 6) is 0. The lowest BCUT2D eigenvalue weighted by molar-refractivity contribution is -0.694. The highest BCUT2D eigenvalue weighted by Gasteiger charge is 2.41. The molecule has 162 valence electrons. The number of hydrogen-bond donors (Lipinski definition) is 0. The molecule has 0 amide bonds. The Morgan fingerprint density at radius 3 is 2.52 bits per heavy atom. The monoisotopic (exact) mass is 412 g/mol. The van der Waals surface area contributed by atoms with Crippen LogP contribution < -0.4 is 4.57 Å². The van der Waals surface area contributed by atoms with Crippen LogP contribution in [0.3, 0.4) is 0 Å². The lowest BCUT2D eigenvalue weighted by Gasteiger charge is -2.34. The van der Waals surface area contributed by atoms with Crippen LogP contribution in [0.1, 0.15) is 75.1 Å². The van der Waals surface area contributed by atoms with Gasteiger partial charge in [-0.1, -0.05) is 64.0 Å². The van der Waals surface area contributed by atoms with Crippen molar-refractivity contribution >= 4 is 10.8 Å². The van der Waals surface area contributed by atoms with Crippen molar-refractivity contribution in [3.05, 3.63) is 77.0 Å². The van der Waals surface area contributed by atoms with Gasteiger partial charge in [0.25, 0.3) is 0 Å². The highest BCUT2D eigenvalue weighted by molar-refractivity contribution is 5.96. The average molecular weight is 413 g/mol. The second-order valence-electron chi connectivity index (χ2n) is 9.46. The minimum Gasteiger partial charge on any atom is -0.196 e. The maximum atomic E-state index is 2.53. The first-order valence-electron chi connectivity index (χ1n) is 12.3. The molecule has 0 saturated carbocycles. The fraction of sp³-hybridized carbons (Fsp3) is 0.433. The van der Waals surface area contributed by atoms with Crippen molar-refractivity contribution in [2.75, 3.05) is 0 Å². The molecule has 0 saturated heterocycles. The zero-order chi connectivity index (χ0) is 22.0. The Hall–Kier alpha value is -2.41. The Bertz CT molecular complexity index is 1120. The van der Waals surface area contributed by atoms with Gasteiger partial charge in [0, 0.05) is 6.07 Å². The Labute approximate surface area is 188 Å². The Morgan fingerprint density at radius 1 is 0.968 bits per heavy atom. The summed E-state index contributed by atoms with van der Waals surface area (Å²) < 4.78 is 2.53. The van der Waals surface area contributed by atoms with Gasteiger partial charge < -0.3 is 0 Å². The molecule has 1 nitrogen and oxygen atoms in total. The molecule has 0 spiro atoms. The van der Waals surface area contributed by atoms with Crippen molar-refractivity contribution in [3.63, 3.8) is 0 Å². The largest absolute Gasteiger partial charge is 0.220 e. The van der Waals surface area contributed by atoms with Crippen LogP contribution in [0.5, 0.6) is 0 Å². The number of unbranched alkanes of at least 4 members (excludes halogenated alkanes) is 2. The number of aryl methyl sites for hydroxylation is 3. The van der Waals surface area contributed by atoms with Crippen LogP contribution in [0, 0.1) is 13.8 Å². The molecule has 1 heteroatoms. The normalized spacial score (nSPS) is 17.8. The van der Waals surface area contributed by atoms with Gasteiger partial charge in [-0.3, -0.25) is 0 Å². The van der Waals surface area contributed by atoms with Gasteiger partial charge >= 0.3 is 0 Å². The van der Waals surface area contributed by atoms with E-state index in [0.717, 1.165) is 25.8 Å². The number of pyridine rings is 1. The van der Waals surface area contributed by atoms with E-state index in [0.29, 0.717) is 0 Å². The van der Waals surface area contributed by atoms with Gasteiger partial charge in [0.1, 0.15) is 0 Å². The van der Waals surface area contributed by atoms with Crippen molar-refractivity contribution < 1.29 is 4.57 Å². The van der Waals surface area contributed by atoms with E-state index in [2.05, 4.69) is 93.9 Å². The van der Waals surface area contributed by atoms with Gasteiger partial charge in [0.2, 0.25) is 5.69 Å². The number of aromatic nitrogens is 1. The van der Waals surface area contributed by atoms with E-state index >= 15 is 0 Å². The molecule has 2 heterocycles. The Kier molecular flexibility index (Phi) is 6.32. The van der Waals surface area contributed by atoms with Crippen LogP contribution in [0.4, 0.5) is 0 Å². The second-order valence-corrected chi connectivity index (χ2v) is 9.46. The van der Waals surface area contributed by atoms with Gasteiger partial charge in [-0.2, -0.15) is 4.57 Å². The van der Waals surface area contributed by atoms with Gasteiger partial charge in [-0.05, 0) is 79.3 Å². The number of benzene rings is 2. The summed E-state index contributed by atoms with van der Waals surface area (Å²) in [7, 11) is 0. The second kappa shape index (κ2) is 8.99. The maximum absolute atomic E-state index is 2.53. The van der Waals surface area contributed by atoms with Crippen molar-refractivity contribution in [2.45, 2.75) is 85.1 Å². The Morgan fingerprint density at radius 2 is 1.77 bits per heavy atom. The van der Waals surface area contributed by atoms with Gasteiger partial charge in [-0.15, -0.1) is 0 Å². The number of rotatable bonds is 7. The summed E-state index contributed by atoms with van der Waals surface area (Å²) in [6.45, 7) is 12.4. The molecule has 0 bridgehead atoms. The van der Waals surface area contributed by atoms with E-state index in [-0.39, 0.29) is 5.41 Å². The van der Waals surface area contributed by atoms with Crippen molar-refractivity contribution in [2.24, 2.45) is 0 Å². The van der Waals surface area contributed by atoms with Crippen molar-refractivity contribution in [3.8, 4) is 11.3 Å². The molecular weight excluding hydrogens is 374 g/mol. The first kappa shape index (κ1) is 21.8. The van der Waals surface area contributed by atoms with Crippen LogP contribution >= 0.6 is 0 Å². The van der Waals surface area contributed by atoms with Crippen LogP contribution in [0.15, 0.2) is 54.7 Å². The smallest absolute Gasteiger partial charge is 0.196 e. The number of hydrogen-bond acceptors (Lipinski definition) is 0. The lowest BCUT2D eigenvalue weighted by atomic mass is 9.71. The Balaban J connectivity index is 1.99. The van der Waals surface area contributed by atoms with Crippen LogP contribution in [0.25, 0.3) is 22.0 Å². The predicted octanol–water partition coefficient (Wildman–Crippen LogP) is 7.77. The average Bonchev–Trinajstić information content (AvgIpc) is 2.78. The summed E-state index contributed by atoms with van der Waals surface area (Å²) in [5, 5.41) is 2.83. The molecule has 0 radical (unpaired) electrons. The standard InChI is InChI=1S/C30H38N/c1-6-9-11-17-30(8-3)21-31-18-16-25-24(13-10-7-2)14-12-15-26(25)29(31)27-19-22(4)23(5)20-28(27)30/h11-12,14-20H,6-10,13,21H2,1-5H3/q+1. The molecule has 0 fully saturated rings. The molecule has 0 aliphatic carbocycles. The third-order valence-corrected chi connectivity index (χ3v) is 7.36. The maximum Gasteiger partial charge on any atom is 0.220 e. The molecule has 1 aliphatic heterocycles. The number of fused-ring (bicyclic) bond motifs is 5. The highest BCUT2D eigenvalue weighted by atomic mass is 15.0.